The predicted molar refractivity (Wildman–Crippen MR) is 191 cm³/mol. The predicted octanol–water partition coefficient (Wildman–Crippen LogP) is 7.66. The minimum atomic E-state index is 0.310. The first-order valence-corrected chi connectivity index (χ1v) is 18.1. The van der Waals surface area contributed by atoms with Gasteiger partial charge in [-0.15, -0.1) is 0 Å². The normalized spacial score (nSPS) is 20.4. The van der Waals surface area contributed by atoms with E-state index in [1.165, 1.54) is 12.0 Å². The monoisotopic (exact) mass is 658 g/mol. The summed E-state index contributed by atoms with van der Waals surface area (Å²) in [5.74, 6) is 1.37. The van der Waals surface area contributed by atoms with Crippen LogP contribution in [0.3, 0.4) is 0 Å². The molecule has 0 radical (unpaired) electrons. The molecule has 0 bridgehead atoms. The molecule has 2 saturated heterocycles. The average Bonchev–Trinajstić information content (AvgIpc) is 3.51. The zero-order chi connectivity index (χ0) is 32.8. The number of fused-ring (bicyclic) bond motifs is 2. The summed E-state index contributed by atoms with van der Waals surface area (Å²) in [6, 6.07) is 15.7. The van der Waals surface area contributed by atoms with Crippen molar-refractivity contribution < 1.29 is 9.47 Å². The van der Waals surface area contributed by atoms with E-state index in [1.54, 1.807) is 0 Å². The first-order chi connectivity index (χ1) is 22.8. The third kappa shape index (κ3) is 8.49. The molecule has 0 N–H and O–H groups in total. The second-order valence-electron chi connectivity index (χ2n) is 14.8. The summed E-state index contributed by atoms with van der Waals surface area (Å²) >= 11 is 6.75. The van der Waals surface area contributed by atoms with Gasteiger partial charge in [0, 0.05) is 68.5 Å². The summed E-state index contributed by atoms with van der Waals surface area (Å²) in [7, 11) is 0. The highest BCUT2D eigenvalue weighted by Gasteiger charge is 2.30. The van der Waals surface area contributed by atoms with Gasteiger partial charge in [-0.3, -0.25) is 4.90 Å². The highest BCUT2D eigenvalue weighted by atomic mass is 35.5. The van der Waals surface area contributed by atoms with Gasteiger partial charge in [-0.05, 0) is 80.3 Å². The third-order valence-corrected chi connectivity index (χ3v) is 10.3. The van der Waals surface area contributed by atoms with Gasteiger partial charge in [-0.2, -0.15) is 15.2 Å². The van der Waals surface area contributed by atoms with Crippen molar-refractivity contribution in [3.8, 4) is 12.1 Å². The molecule has 47 heavy (non-hydrogen) atoms. The second kappa shape index (κ2) is 15.4. The Morgan fingerprint density at radius 3 is 2.66 bits per heavy atom. The fourth-order valence-corrected chi connectivity index (χ4v) is 7.69. The van der Waals surface area contributed by atoms with Crippen molar-refractivity contribution >= 4 is 33.9 Å². The molecule has 2 aromatic carbocycles. The first-order valence-electron chi connectivity index (χ1n) is 17.7. The lowest BCUT2D eigenvalue weighted by molar-refractivity contribution is 0.0925. The number of aromatic nitrogens is 2. The van der Waals surface area contributed by atoms with Crippen molar-refractivity contribution in [3.63, 3.8) is 0 Å². The zero-order valence-corrected chi connectivity index (χ0v) is 29.3. The Morgan fingerprint density at radius 2 is 1.83 bits per heavy atom. The van der Waals surface area contributed by atoms with Crippen molar-refractivity contribution in [3.05, 3.63) is 52.7 Å². The molecular weight excluding hydrogens is 608 g/mol. The summed E-state index contributed by atoms with van der Waals surface area (Å²) in [5, 5.41) is 12.4. The van der Waals surface area contributed by atoms with Crippen LogP contribution in [0.1, 0.15) is 77.0 Å². The number of hydrogen-bond acceptors (Lipinski definition) is 8. The van der Waals surface area contributed by atoms with Crippen LogP contribution in [0.5, 0.6) is 6.01 Å². The van der Waals surface area contributed by atoms with Crippen molar-refractivity contribution in [2.45, 2.75) is 84.7 Å². The summed E-state index contributed by atoms with van der Waals surface area (Å²) in [6.07, 6.45) is 8.02. The number of anilines is 2. The van der Waals surface area contributed by atoms with E-state index in [0.717, 1.165) is 117 Å². The van der Waals surface area contributed by atoms with Crippen molar-refractivity contribution in [2.75, 3.05) is 62.3 Å². The largest absolute Gasteiger partial charge is 0.462 e. The molecule has 1 aromatic heterocycles. The molecule has 4 heterocycles. The van der Waals surface area contributed by atoms with Crippen LogP contribution in [0.2, 0.25) is 5.02 Å². The molecule has 3 aliphatic heterocycles. The summed E-state index contributed by atoms with van der Waals surface area (Å²) in [6.45, 7) is 14.5. The fourth-order valence-electron chi connectivity index (χ4n) is 7.41. The molecule has 8 nitrogen and oxygen atoms in total. The van der Waals surface area contributed by atoms with E-state index < -0.39 is 0 Å². The molecule has 2 fully saturated rings. The van der Waals surface area contributed by atoms with Crippen LogP contribution in [0, 0.1) is 22.7 Å². The third-order valence-electron chi connectivity index (χ3n) is 10.0. The Hall–Kier alpha value is -3.12. The number of halogens is 1. The molecule has 0 saturated carbocycles. The number of benzene rings is 2. The smallest absolute Gasteiger partial charge is 0.318 e. The lowest BCUT2D eigenvalue weighted by Gasteiger charge is -2.37. The van der Waals surface area contributed by atoms with Gasteiger partial charge in [0.05, 0.1) is 23.3 Å². The maximum absolute atomic E-state index is 9.42. The Kier molecular flexibility index (Phi) is 11.1. The Morgan fingerprint density at radius 1 is 1.00 bits per heavy atom. The molecule has 2 atom stereocenters. The van der Waals surface area contributed by atoms with Crippen LogP contribution in [0.4, 0.5) is 11.5 Å². The van der Waals surface area contributed by atoms with Crippen LogP contribution in [0.15, 0.2) is 36.4 Å². The number of hydrogen-bond donors (Lipinski definition) is 0. The summed E-state index contributed by atoms with van der Waals surface area (Å²) in [4.78, 5) is 17.5. The van der Waals surface area contributed by atoms with E-state index in [-0.39, 0.29) is 0 Å². The van der Waals surface area contributed by atoms with Gasteiger partial charge in [0.15, 0.2) is 0 Å². The van der Waals surface area contributed by atoms with E-state index in [1.807, 2.05) is 12.1 Å². The van der Waals surface area contributed by atoms with Gasteiger partial charge < -0.3 is 19.3 Å². The number of nitriles is 1. The highest BCUT2D eigenvalue weighted by molar-refractivity contribution is 6.36. The molecule has 252 valence electrons. The van der Waals surface area contributed by atoms with Crippen LogP contribution in [-0.2, 0) is 17.7 Å². The zero-order valence-electron chi connectivity index (χ0n) is 28.5. The molecule has 0 spiro atoms. The molecule has 9 heteroatoms. The second-order valence-corrected chi connectivity index (χ2v) is 15.2. The van der Waals surface area contributed by atoms with Crippen LogP contribution in [0.25, 0.3) is 10.8 Å². The Balaban J connectivity index is 1.18. The van der Waals surface area contributed by atoms with Crippen molar-refractivity contribution in [2.24, 2.45) is 11.3 Å². The van der Waals surface area contributed by atoms with E-state index in [2.05, 4.69) is 65.8 Å². The number of piperidine rings is 1. The van der Waals surface area contributed by atoms with Gasteiger partial charge in [0.25, 0.3) is 0 Å². The molecule has 3 aliphatic rings. The van der Waals surface area contributed by atoms with Crippen LogP contribution in [-0.4, -0.2) is 73.5 Å². The molecule has 3 aromatic rings. The van der Waals surface area contributed by atoms with Crippen LogP contribution >= 0.6 is 11.6 Å². The van der Waals surface area contributed by atoms with Gasteiger partial charge in [-0.1, -0.05) is 56.6 Å². The lowest BCUT2D eigenvalue weighted by Crippen LogP contribution is -2.39. The molecule has 1 unspecified atom stereocenters. The maximum atomic E-state index is 9.42. The number of nitrogens with zero attached hydrogens (tertiary/aromatic N) is 6. The van der Waals surface area contributed by atoms with E-state index >= 15 is 0 Å². The minimum Gasteiger partial charge on any atom is -0.462 e. The minimum absolute atomic E-state index is 0.310. The SMILES string of the molecule is CC(C)(C)CCOCCCN1CCCC1COc1nc2c(c(N3CCC[C@@H](CC#N)C3)n1)CCN(c1cccc3cccc(Cl)c13)C2. The van der Waals surface area contributed by atoms with E-state index in [4.69, 9.17) is 31.0 Å². The highest BCUT2D eigenvalue weighted by Crippen LogP contribution is 2.38. The maximum Gasteiger partial charge on any atom is 0.318 e. The van der Waals surface area contributed by atoms with Crippen molar-refractivity contribution in [1.29, 1.82) is 5.26 Å². The van der Waals surface area contributed by atoms with E-state index in [9.17, 15) is 5.26 Å². The fraction of sp³-hybridized carbons (Fsp3) is 0.605. The van der Waals surface area contributed by atoms with Gasteiger partial charge in [-0.25, -0.2) is 0 Å². The number of ether oxygens (including phenoxy) is 2. The van der Waals surface area contributed by atoms with Gasteiger partial charge in [0.2, 0.25) is 0 Å². The number of rotatable bonds is 12. The molecule has 6 rings (SSSR count). The average molecular weight is 659 g/mol. The summed E-state index contributed by atoms with van der Waals surface area (Å²) < 4.78 is 12.4. The van der Waals surface area contributed by atoms with Gasteiger partial charge >= 0.3 is 6.01 Å². The van der Waals surface area contributed by atoms with Crippen molar-refractivity contribution in [1.82, 2.24) is 14.9 Å². The molecule has 0 aliphatic carbocycles. The molecular formula is C38H51ClN6O2. The first kappa shape index (κ1) is 33.8. The number of likely N-dealkylation sites (tertiary alicyclic amines) is 1. The lowest BCUT2D eigenvalue weighted by atomic mass is 9.93. The summed E-state index contributed by atoms with van der Waals surface area (Å²) in [5.41, 5.74) is 3.69. The Labute approximate surface area is 286 Å². The molecule has 0 amide bonds. The van der Waals surface area contributed by atoms with Gasteiger partial charge in [0.1, 0.15) is 12.4 Å². The van der Waals surface area contributed by atoms with E-state index in [0.29, 0.717) is 43.0 Å². The van der Waals surface area contributed by atoms with Crippen LogP contribution < -0.4 is 14.5 Å². The Bertz CT molecular complexity index is 1550. The quantitative estimate of drug-likeness (QED) is 0.184. The topological polar surface area (TPSA) is 77.8 Å². The standard InChI is InChI=1S/C38H51ClN6O2/c1-38(2,3)17-24-46-23-8-21-43-19-7-12-30(43)27-47-37-41-33-26-44(34-14-5-11-29-10-4-13-32(39)35(29)34)22-16-31(33)36(42-37)45-20-6-9-28(25-45)15-18-40/h4-5,10-11,13-14,28,30H,6-9,12,15-17,19-27H2,1-3H3/t28-,30?/m0/s1.